The van der Waals surface area contributed by atoms with Crippen LogP contribution in [0.5, 0.6) is 0 Å². The second-order valence-electron chi connectivity index (χ2n) is 4.17. The molecule has 1 heterocycles. The second-order valence-corrected chi connectivity index (χ2v) is 5.88. The smallest absolute Gasteiger partial charge is 0.255 e. The van der Waals surface area contributed by atoms with Crippen molar-refractivity contribution in [1.82, 2.24) is 4.98 Å². The second kappa shape index (κ2) is 7.11. The lowest BCUT2D eigenvalue weighted by Crippen LogP contribution is -2.13. The summed E-state index contributed by atoms with van der Waals surface area (Å²) in [7, 11) is 0. The third-order valence-corrected chi connectivity index (χ3v) is 3.61. The Kier molecular flexibility index (Phi) is 5.45. The van der Waals surface area contributed by atoms with E-state index in [2.05, 4.69) is 31.5 Å². The SMILES string of the molecule is CCNc1cc(C(=O)Nc2cc(Br)ccc2Cl)cc(Cl)n1. The predicted molar refractivity (Wildman–Crippen MR) is 90.5 cm³/mol. The predicted octanol–water partition coefficient (Wildman–Crippen LogP) is 4.84. The van der Waals surface area contributed by atoms with Gasteiger partial charge in [0.15, 0.2) is 0 Å². The Hall–Kier alpha value is -1.30. The van der Waals surface area contributed by atoms with Gasteiger partial charge in [0.05, 0.1) is 10.7 Å². The molecule has 0 saturated carbocycles. The molecule has 2 rings (SSSR count). The standard InChI is InChI=1S/C14H12BrCl2N3O/c1-2-18-13-6-8(5-12(17)20-13)14(21)19-11-7-9(15)3-4-10(11)16/h3-7H,2H2,1H3,(H,18,20)(H,19,21). The Morgan fingerprint density at radius 1 is 1.29 bits per heavy atom. The molecule has 0 aliphatic heterocycles. The molecule has 0 atom stereocenters. The first-order valence-electron chi connectivity index (χ1n) is 6.17. The van der Waals surface area contributed by atoms with Gasteiger partial charge in [-0.1, -0.05) is 39.1 Å². The van der Waals surface area contributed by atoms with Gasteiger partial charge in [-0.15, -0.1) is 0 Å². The molecule has 0 aliphatic carbocycles. The van der Waals surface area contributed by atoms with Gasteiger partial charge in [-0.3, -0.25) is 4.79 Å². The van der Waals surface area contributed by atoms with E-state index < -0.39 is 0 Å². The molecule has 0 saturated heterocycles. The van der Waals surface area contributed by atoms with Gasteiger partial charge in [0, 0.05) is 16.6 Å². The van der Waals surface area contributed by atoms with E-state index in [9.17, 15) is 4.79 Å². The average Bonchev–Trinajstić information content (AvgIpc) is 2.42. The van der Waals surface area contributed by atoms with Crippen molar-refractivity contribution in [3.8, 4) is 0 Å². The van der Waals surface area contributed by atoms with Crippen LogP contribution in [0.25, 0.3) is 0 Å². The Balaban J connectivity index is 2.25. The summed E-state index contributed by atoms with van der Waals surface area (Å²) < 4.78 is 0.822. The van der Waals surface area contributed by atoms with Crippen LogP contribution in [0.4, 0.5) is 11.5 Å². The van der Waals surface area contributed by atoms with Gasteiger partial charge in [-0.2, -0.15) is 0 Å². The van der Waals surface area contributed by atoms with Gasteiger partial charge < -0.3 is 10.6 Å². The number of nitrogens with one attached hydrogen (secondary N) is 2. The first-order chi connectivity index (χ1) is 9.99. The number of pyridine rings is 1. The lowest BCUT2D eigenvalue weighted by Gasteiger charge is -2.09. The van der Waals surface area contributed by atoms with E-state index >= 15 is 0 Å². The largest absolute Gasteiger partial charge is 0.370 e. The molecule has 110 valence electrons. The highest BCUT2D eigenvalue weighted by molar-refractivity contribution is 9.10. The number of nitrogens with zero attached hydrogens (tertiary/aromatic N) is 1. The number of carbonyl (C=O) groups is 1. The highest BCUT2D eigenvalue weighted by Crippen LogP contribution is 2.26. The molecule has 1 aromatic heterocycles. The Labute approximate surface area is 141 Å². The minimum Gasteiger partial charge on any atom is -0.370 e. The first-order valence-corrected chi connectivity index (χ1v) is 7.72. The zero-order valence-corrected chi connectivity index (χ0v) is 14.2. The minimum atomic E-state index is -0.307. The molecular weight excluding hydrogens is 377 g/mol. The zero-order valence-electron chi connectivity index (χ0n) is 11.1. The number of rotatable bonds is 4. The van der Waals surface area contributed by atoms with E-state index in [4.69, 9.17) is 23.2 Å². The van der Waals surface area contributed by atoms with Crippen LogP contribution in [0.3, 0.4) is 0 Å². The van der Waals surface area contributed by atoms with Crippen molar-refractivity contribution in [3.05, 3.63) is 50.5 Å². The average molecular weight is 389 g/mol. The molecule has 21 heavy (non-hydrogen) atoms. The van der Waals surface area contributed by atoms with Crippen molar-refractivity contribution < 1.29 is 4.79 Å². The molecule has 1 amide bonds. The number of hydrogen-bond donors (Lipinski definition) is 2. The van der Waals surface area contributed by atoms with Crippen LogP contribution < -0.4 is 10.6 Å². The molecule has 0 fully saturated rings. The molecule has 2 N–H and O–H groups in total. The highest BCUT2D eigenvalue weighted by Gasteiger charge is 2.11. The summed E-state index contributed by atoms with van der Waals surface area (Å²) in [5.74, 6) is 0.244. The molecule has 2 aromatic rings. The van der Waals surface area contributed by atoms with E-state index in [1.165, 1.54) is 6.07 Å². The molecule has 7 heteroatoms. The summed E-state index contributed by atoms with van der Waals surface area (Å²) in [6.07, 6.45) is 0. The van der Waals surface area contributed by atoms with Crippen LogP contribution in [-0.2, 0) is 0 Å². The van der Waals surface area contributed by atoms with Crippen LogP contribution in [0.15, 0.2) is 34.8 Å². The summed E-state index contributed by atoms with van der Waals surface area (Å²) in [5.41, 5.74) is 0.927. The number of halogens is 3. The van der Waals surface area contributed by atoms with Crippen LogP contribution in [0.2, 0.25) is 10.2 Å². The molecular formula is C14H12BrCl2N3O. The normalized spacial score (nSPS) is 10.3. The third-order valence-electron chi connectivity index (χ3n) is 2.59. The Morgan fingerprint density at radius 3 is 2.76 bits per heavy atom. The van der Waals surface area contributed by atoms with E-state index in [0.29, 0.717) is 28.6 Å². The van der Waals surface area contributed by atoms with Crippen molar-refractivity contribution >= 4 is 56.5 Å². The van der Waals surface area contributed by atoms with Crippen molar-refractivity contribution in [1.29, 1.82) is 0 Å². The zero-order chi connectivity index (χ0) is 15.4. The van der Waals surface area contributed by atoms with Gasteiger partial charge in [-0.25, -0.2) is 4.98 Å². The number of hydrogen-bond acceptors (Lipinski definition) is 3. The first kappa shape index (κ1) is 16.1. The Morgan fingerprint density at radius 2 is 2.05 bits per heavy atom. The van der Waals surface area contributed by atoms with Gasteiger partial charge in [0.1, 0.15) is 11.0 Å². The lowest BCUT2D eigenvalue weighted by atomic mass is 10.2. The van der Waals surface area contributed by atoms with E-state index in [1.54, 1.807) is 24.3 Å². The molecule has 0 unspecified atom stereocenters. The van der Waals surface area contributed by atoms with Gasteiger partial charge in [0.2, 0.25) is 0 Å². The summed E-state index contributed by atoms with van der Waals surface area (Å²) in [5, 5.41) is 6.47. The highest BCUT2D eigenvalue weighted by atomic mass is 79.9. The molecule has 4 nitrogen and oxygen atoms in total. The summed E-state index contributed by atoms with van der Waals surface area (Å²) in [6, 6.07) is 8.36. The van der Waals surface area contributed by atoms with Crippen LogP contribution in [0.1, 0.15) is 17.3 Å². The fourth-order valence-corrected chi connectivity index (χ4v) is 2.42. The topological polar surface area (TPSA) is 54.0 Å². The fourth-order valence-electron chi connectivity index (χ4n) is 1.69. The molecule has 0 spiro atoms. The van der Waals surface area contributed by atoms with Gasteiger partial charge >= 0.3 is 0 Å². The van der Waals surface area contributed by atoms with Crippen LogP contribution in [-0.4, -0.2) is 17.4 Å². The van der Waals surface area contributed by atoms with Gasteiger partial charge in [0.25, 0.3) is 5.91 Å². The number of amides is 1. The van der Waals surface area contributed by atoms with Crippen molar-refractivity contribution in [2.24, 2.45) is 0 Å². The monoisotopic (exact) mass is 387 g/mol. The summed E-state index contributed by atoms with van der Waals surface area (Å²) in [6.45, 7) is 2.62. The molecule has 0 aliphatic rings. The van der Waals surface area contributed by atoms with Crippen LogP contribution in [0, 0.1) is 0 Å². The van der Waals surface area contributed by atoms with E-state index in [0.717, 1.165) is 4.47 Å². The molecule has 1 aromatic carbocycles. The fraction of sp³-hybridized carbons (Fsp3) is 0.143. The quantitative estimate of drug-likeness (QED) is 0.737. The maximum Gasteiger partial charge on any atom is 0.255 e. The molecule has 0 bridgehead atoms. The number of aromatic nitrogens is 1. The minimum absolute atomic E-state index is 0.249. The summed E-state index contributed by atoms with van der Waals surface area (Å²) in [4.78, 5) is 16.4. The Bertz CT molecular complexity index is 679. The maximum absolute atomic E-state index is 12.3. The number of anilines is 2. The number of carbonyl (C=O) groups excluding carboxylic acids is 1. The van der Waals surface area contributed by atoms with Crippen LogP contribution >= 0.6 is 39.1 Å². The van der Waals surface area contributed by atoms with Crippen molar-refractivity contribution in [2.75, 3.05) is 17.2 Å². The van der Waals surface area contributed by atoms with E-state index in [1.807, 2.05) is 6.92 Å². The number of benzene rings is 1. The summed E-state index contributed by atoms with van der Waals surface area (Å²) >= 11 is 15.3. The maximum atomic E-state index is 12.3. The van der Waals surface area contributed by atoms with Crippen molar-refractivity contribution in [3.63, 3.8) is 0 Å². The molecule has 0 radical (unpaired) electrons. The van der Waals surface area contributed by atoms with Crippen molar-refractivity contribution in [2.45, 2.75) is 6.92 Å². The van der Waals surface area contributed by atoms with Gasteiger partial charge in [-0.05, 0) is 37.3 Å². The third kappa shape index (κ3) is 4.33. The lowest BCUT2D eigenvalue weighted by molar-refractivity contribution is 0.102. The van der Waals surface area contributed by atoms with E-state index in [-0.39, 0.29) is 11.1 Å².